The lowest BCUT2D eigenvalue weighted by molar-refractivity contribution is -0.0179. The Kier molecular flexibility index (Phi) is 5.33. The molecule has 1 saturated carbocycles. The fourth-order valence-corrected chi connectivity index (χ4v) is 5.18. The van der Waals surface area contributed by atoms with Crippen LogP contribution >= 0.6 is 0 Å². The van der Waals surface area contributed by atoms with Crippen molar-refractivity contribution in [2.24, 2.45) is 5.92 Å². The molecular formula is C15H25N3O4S. The zero-order chi connectivity index (χ0) is 16.3. The number of morpholine rings is 1. The second-order valence-corrected chi connectivity index (χ2v) is 8.40. The van der Waals surface area contributed by atoms with E-state index in [1.54, 1.807) is 0 Å². The highest BCUT2D eigenvalue weighted by molar-refractivity contribution is 7.89. The minimum absolute atomic E-state index is 0.254. The van der Waals surface area contributed by atoms with Crippen LogP contribution in [-0.2, 0) is 21.2 Å². The Morgan fingerprint density at radius 3 is 2.70 bits per heavy atom. The predicted molar refractivity (Wildman–Crippen MR) is 84.3 cm³/mol. The first kappa shape index (κ1) is 16.9. The topological polar surface area (TPSA) is 85.5 Å². The third-order valence-corrected chi connectivity index (χ3v) is 6.67. The van der Waals surface area contributed by atoms with Crippen LogP contribution in [0, 0.1) is 5.92 Å². The van der Waals surface area contributed by atoms with Gasteiger partial charge in [0.25, 0.3) is 0 Å². The van der Waals surface area contributed by atoms with Crippen molar-refractivity contribution in [3.05, 3.63) is 11.8 Å². The van der Waals surface area contributed by atoms with Crippen molar-refractivity contribution in [1.82, 2.24) is 14.5 Å². The van der Waals surface area contributed by atoms with Gasteiger partial charge in [0.1, 0.15) is 6.10 Å². The average molecular weight is 343 g/mol. The molecule has 0 unspecified atom stereocenters. The molecule has 0 spiro atoms. The van der Waals surface area contributed by atoms with Crippen molar-refractivity contribution in [2.75, 3.05) is 25.4 Å². The molecule has 1 aliphatic carbocycles. The van der Waals surface area contributed by atoms with Gasteiger partial charge in [0, 0.05) is 19.5 Å². The molecule has 2 aliphatic rings. The molecule has 2 heterocycles. The number of nitrogens with zero attached hydrogens (tertiary/aromatic N) is 3. The highest BCUT2D eigenvalue weighted by Crippen LogP contribution is 2.28. The molecule has 0 N–H and O–H groups in total. The molecule has 0 bridgehead atoms. The monoisotopic (exact) mass is 343 g/mol. The number of ether oxygens (including phenoxy) is 1. The highest BCUT2D eigenvalue weighted by atomic mass is 32.2. The molecule has 0 amide bonds. The van der Waals surface area contributed by atoms with E-state index in [0.29, 0.717) is 37.3 Å². The Morgan fingerprint density at radius 1 is 1.22 bits per heavy atom. The van der Waals surface area contributed by atoms with Gasteiger partial charge in [-0.3, -0.25) is 0 Å². The quantitative estimate of drug-likeness (QED) is 0.812. The predicted octanol–water partition coefficient (Wildman–Crippen LogP) is 1.92. The van der Waals surface area contributed by atoms with Crippen LogP contribution in [-0.4, -0.2) is 48.4 Å². The van der Waals surface area contributed by atoms with E-state index >= 15 is 0 Å². The van der Waals surface area contributed by atoms with Crippen molar-refractivity contribution in [3.63, 3.8) is 0 Å². The van der Waals surface area contributed by atoms with Crippen molar-refractivity contribution in [1.29, 1.82) is 0 Å². The summed E-state index contributed by atoms with van der Waals surface area (Å²) >= 11 is 0. The smallest absolute Gasteiger partial charge is 0.246 e. The molecule has 8 heteroatoms. The van der Waals surface area contributed by atoms with Crippen molar-refractivity contribution >= 4 is 10.0 Å². The number of hydrogen-bond donors (Lipinski definition) is 0. The Bertz CT molecular complexity index is 610. The number of sulfonamides is 1. The number of aromatic nitrogens is 2. The molecule has 1 saturated heterocycles. The Morgan fingerprint density at radius 2 is 2.00 bits per heavy atom. The van der Waals surface area contributed by atoms with E-state index in [2.05, 4.69) is 10.2 Å². The van der Waals surface area contributed by atoms with Gasteiger partial charge in [-0.25, -0.2) is 8.42 Å². The fourth-order valence-electron chi connectivity index (χ4n) is 3.32. The molecule has 1 aromatic heterocycles. The van der Waals surface area contributed by atoms with Crippen molar-refractivity contribution in [2.45, 2.75) is 51.6 Å². The first-order chi connectivity index (χ1) is 11.1. The molecule has 3 rings (SSSR count). The zero-order valence-corrected chi connectivity index (χ0v) is 14.4. The van der Waals surface area contributed by atoms with Crippen LogP contribution in [0.5, 0.6) is 0 Å². The van der Waals surface area contributed by atoms with Gasteiger partial charge in [0.15, 0.2) is 0 Å². The highest BCUT2D eigenvalue weighted by Gasteiger charge is 2.34. The SMILES string of the molecule is CCc1nnc([C@H]2CN(S(=O)(=O)CC3CCCCC3)CCO2)o1. The zero-order valence-electron chi connectivity index (χ0n) is 13.6. The standard InChI is InChI=1S/C15H25N3O4S/c1-2-14-16-17-15(22-14)13-10-18(8-9-21-13)23(19,20)11-12-6-4-3-5-7-12/h12-13H,2-11H2,1H3/t13-/m1/s1. The average Bonchev–Trinajstić information content (AvgIpc) is 3.05. The minimum atomic E-state index is -3.26. The first-order valence-corrected chi connectivity index (χ1v) is 10.1. The molecule has 1 atom stereocenters. The van der Waals surface area contributed by atoms with E-state index in [1.807, 2.05) is 6.92 Å². The van der Waals surface area contributed by atoms with Gasteiger partial charge in [-0.2, -0.15) is 4.31 Å². The largest absolute Gasteiger partial charge is 0.422 e. The molecular weight excluding hydrogens is 318 g/mol. The van der Waals surface area contributed by atoms with Gasteiger partial charge in [0.2, 0.25) is 21.8 Å². The maximum atomic E-state index is 12.7. The van der Waals surface area contributed by atoms with E-state index in [9.17, 15) is 8.42 Å². The summed E-state index contributed by atoms with van der Waals surface area (Å²) in [5.74, 6) is 1.47. The fraction of sp³-hybridized carbons (Fsp3) is 0.867. The lowest BCUT2D eigenvalue weighted by Crippen LogP contribution is -2.44. The van der Waals surface area contributed by atoms with E-state index in [1.165, 1.54) is 10.7 Å². The van der Waals surface area contributed by atoms with Gasteiger partial charge in [0.05, 0.1) is 12.4 Å². The normalized spacial score (nSPS) is 24.8. The Balaban J connectivity index is 1.64. The second kappa shape index (κ2) is 7.27. The minimum Gasteiger partial charge on any atom is -0.422 e. The molecule has 0 aromatic carbocycles. The van der Waals surface area contributed by atoms with Crippen LogP contribution in [0.2, 0.25) is 0 Å². The number of hydrogen-bond acceptors (Lipinski definition) is 6. The summed E-state index contributed by atoms with van der Waals surface area (Å²) < 4.78 is 38.1. The molecule has 1 aromatic rings. The van der Waals surface area contributed by atoms with E-state index in [0.717, 1.165) is 25.7 Å². The molecule has 0 radical (unpaired) electrons. The van der Waals surface area contributed by atoms with Crippen LogP contribution in [0.1, 0.15) is 56.9 Å². The van der Waals surface area contributed by atoms with Crippen LogP contribution in [0.15, 0.2) is 4.42 Å². The Labute approximate surface area is 137 Å². The summed E-state index contributed by atoms with van der Waals surface area (Å²) in [5.41, 5.74) is 0. The van der Waals surface area contributed by atoms with Gasteiger partial charge in [-0.05, 0) is 18.8 Å². The van der Waals surface area contributed by atoms with Crippen molar-refractivity contribution < 1.29 is 17.6 Å². The lowest BCUT2D eigenvalue weighted by Gasteiger charge is -2.32. The van der Waals surface area contributed by atoms with Gasteiger partial charge >= 0.3 is 0 Å². The lowest BCUT2D eigenvalue weighted by atomic mass is 9.91. The number of rotatable bonds is 5. The summed E-state index contributed by atoms with van der Waals surface area (Å²) in [6.07, 6.45) is 5.77. The maximum Gasteiger partial charge on any atom is 0.246 e. The van der Waals surface area contributed by atoms with E-state index in [4.69, 9.17) is 9.15 Å². The third-order valence-electron chi connectivity index (χ3n) is 4.65. The van der Waals surface area contributed by atoms with E-state index < -0.39 is 16.1 Å². The van der Waals surface area contributed by atoms with Crippen LogP contribution in [0.25, 0.3) is 0 Å². The summed E-state index contributed by atoms with van der Waals surface area (Å²) in [4.78, 5) is 0. The third kappa shape index (κ3) is 4.10. The maximum absolute atomic E-state index is 12.7. The van der Waals surface area contributed by atoms with E-state index in [-0.39, 0.29) is 12.3 Å². The summed E-state index contributed by atoms with van der Waals surface area (Å²) in [6.45, 7) is 2.96. The molecule has 7 nitrogen and oxygen atoms in total. The molecule has 130 valence electrons. The van der Waals surface area contributed by atoms with Gasteiger partial charge in [-0.15, -0.1) is 10.2 Å². The number of aryl methyl sites for hydroxylation is 1. The first-order valence-electron chi connectivity index (χ1n) is 8.50. The van der Waals surface area contributed by atoms with Crippen LogP contribution in [0.3, 0.4) is 0 Å². The van der Waals surface area contributed by atoms with Crippen molar-refractivity contribution in [3.8, 4) is 0 Å². The second-order valence-electron chi connectivity index (χ2n) is 6.39. The molecule has 23 heavy (non-hydrogen) atoms. The van der Waals surface area contributed by atoms with Gasteiger partial charge in [-0.1, -0.05) is 26.2 Å². The summed E-state index contributed by atoms with van der Waals surface area (Å²) in [7, 11) is -3.26. The summed E-state index contributed by atoms with van der Waals surface area (Å²) in [5, 5.41) is 7.91. The molecule has 2 fully saturated rings. The van der Waals surface area contributed by atoms with Gasteiger partial charge < -0.3 is 9.15 Å². The Hall–Kier alpha value is -0.990. The van der Waals surface area contributed by atoms with Crippen LogP contribution < -0.4 is 0 Å². The molecule has 1 aliphatic heterocycles. The van der Waals surface area contributed by atoms with Crippen LogP contribution in [0.4, 0.5) is 0 Å². The summed E-state index contributed by atoms with van der Waals surface area (Å²) in [6, 6.07) is 0.